The highest BCUT2D eigenvalue weighted by Crippen LogP contribution is 2.39. The van der Waals surface area contributed by atoms with Gasteiger partial charge in [-0.15, -0.1) is 0 Å². The van der Waals surface area contributed by atoms with Crippen LogP contribution < -0.4 is 10.6 Å². The van der Waals surface area contributed by atoms with Gasteiger partial charge in [0.15, 0.2) is 5.96 Å². The highest BCUT2D eigenvalue weighted by molar-refractivity contribution is 5.98. The summed E-state index contributed by atoms with van der Waals surface area (Å²) in [6.07, 6.45) is 5.98. The summed E-state index contributed by atoms with van der Waals surface area (Å²) in [5.41, 5.74) is 7.03. The Labute approximate surface area is 106 Å². The predicted molar refractivity (Wildman–Crippen MR) is 71.2 cm³/mol. The lowest BCUT2D eigenvalue weighted by molar-refractivity contribution is 0.317. The van der Waals surface area contributed by atoms with Crippen molar-refractivity contribution in [3.05, 3.63) is 30.1 Å². The van der Waals surface area contributed by atoms with E-state index in [9.17, 15) is 4.39 Å². The zero-order valence-corrected chi connectivity index (χ0v) is 10.4. The summed E-state index contributed by atoms with van der Waals surface area (Å²) < 4.78 is 13.0. The third-order valence-electron chi connectivity index (χ3n) is 4.11. The van der Waals surface area contributed by atoms with Gasteiger partial charge in [0.05, 0.1) is 12.1 Å². The molecule has 1 spiro atoms. The van der Waals surface area contributed by atoms with E-state index in [-0.39, 0.29) is 11.4 Å². The van der Waals surface area contributed by atoms with E-state index in [1.165, 1.54) is 31.4 Å². The number of halogens is 1. The quantitative estimate of drug-likeness (QED) is 0.829. The van der Waals surface area contributed by atoms with Crippen LogP contribution in [0.3, 0.4) is 0 Å². The lowest BCUT2D eigenvalue weighted by atomic mass is 9.80. The summed E-state index contributed by atoms with van der Waals surface area (Å²) >= 11 is 0. The van der Waals surface area contributed by atoms with Crippen LogP contribution in [-0.2, 0) is 0 Å². The Morgan fingerprint density at radius 1 is 1.11 bits per heavy atom. The second-order valence-corrected chi connectivity index (χ2v) is 5.27. The summed E-state index contributed by atoms with van der Waals surface area (Å²) in [7, 11) is 0. The molecule has 2 N–H and O–H groups in total. The topological polar surface area (TPSA) is 41.6 Å². The van der Waals surface area contributed by atoms with Crippen molar-refractivity contribution in [2.24, 2.45) is 10.7 Å². The largest absolute Gasteiger partial charge is 0.369 e. The normalized spacial score (nSPS) is 22.3. The minimum Gasteiger partial charge on any atom is -0.369 e. The van der Waals surface area contributed by atoms with Crippen LogP contribution in [0.5, 0.6) is 0 Å². The van der Waals surface area contributed by atoms with E-state index >= 15 is 0 Å². The van der Waals surface area contributed by atoms with Crippen molar-refractivity contribution in [3.63, 3.8) is 0 Å². The number of hydrogen-bond donors (Lipinski definition) is 1. The van der Waals surface area contributed by atoms with Gasteiger partial charge in [0.2, 0.25) is 0 Å². The molecule has 4 heteroatoms. The number of hydrogen-bond acceptors (Lipinski definition) is 3. The molecule has 96 valence electrons. The van der Waals surface area contributed by atoms with Crippen LogP contribution in [0.1, 0.15) is 32.1 Å². The summed E-state index contributed by atoms with van der Waals surface area (Å²) in [6.45, 7) is 0.774. The minimum atomic E-state index is -0.217. The molecule has 18 heavy (non-hydrogen) atoms. The summed E-state index contributed by atoms with van der Waals surface area (Å²) in [5, 5.41) is 0. The average Bonchev–Trinajstić information content (AvgIpc) is 2.69. The van der Waals surface area contributed by atoms with Crippen molar-refractivity contribution in [2.75, 3.05) is 11.4 Å². The maximum Gasteiger partial charge on any atom is 0.196 e. The third-order valence-corrected chi connectivity index (χ3v) is 4.11. The zero-order valence-electron chi connectivity index (χ0n) is 10.4. The first-order valence-corrected chi connectivity index (χ1v) is 6.57. The molecule has 0 atom stereocenters. The fourth-order valence-electron chi connectivity index (χ4n) is 3.20. The van der Waals surface area contributed by atoms with E-state index in [0.717, 1.165) is 25.1 Å². The molecule has 1 fully saturated rings. The summed E-state index contributed by atoms with van der Waals surface area (Å²) in [4.78, 5) is 6.54. The van der Waals surface area contributed by atoms with Crippen molar-refractivity contribution < 1.29 is 4.39 Å². The zero-order chi connectivity index (χ0) is 12.6. The van der Waals surface area contributed by atoms with E-state index in [0.29, 0.717) is 5.96 Å². The molecule has 0 aromatic heterocycles. The molecule has 1 aromatic rings. The number of benzene rings is 1. The van der Waals surface area contributed by atoms with Crippen LogP contribution in [-0.4, -0.2) is 18.0 Å². The maximum atomic E-state index is 13.0. The monoisotopic (exact) mass is 247 g/mol. The van der Waals surface area contributed by atoms with Crippen molar-refractivity contribution in [3.8, 4) is 0 Å². The first kappa shape index (κ1) is 11.5. The van der Waals surface area contributed by atoms with Gasteiger partial charge in [0.1, 0.15) is 5.82 Å². The van der Waals surface area contributed by atoms with Gasteiger partial charge in [-0.25, -0.2) is 4.39 Å². The lowest BCUT2D eigenvalue weighted by Gasteiger charge is -2.42. The fourth-order valence-corrected chi connectivity index (χ4v) is 3.20. The molecule has 1 saturated carbocycles. The van der Waals surface area contributed by atoms with E-state index < -0.39 is 0 Å². The van der Waals surface area contributed by atoms with Crippen molar-refractivity contribution in [1.82, 2.24) is 0 Å². The smallest absolute Gasteiger partial charge is 0.196 e. The molecule has 0 bridgehead atoms. The Balaban J connectivity index is 1.96. The molecular weight excluding hydrogens is 229 g/mol. The third kappa shape index (κ3) is 1.76. The van der Waals surface area contributed by atoms with Crippen molar-refractivity contribution in [1.29, 1.82) is 0 Å². The molecule has 1 heterocycles. The van der Waals surface area contributed by atoms with E-state index in [4.69, 9.17) is 5.73 Å². The minimum absolute atomic E-state index is 0.0418. The molecule has 3 rings (SSSR count). The van der Waals surface area contributed by atoms with Crippen LogP contribution in [0.4, 0.5) is 10.1 Å². The van der Waals surface area contributed by atoms with E-state index in [1.807, 2.05) is 0 Å². The van der Waals surface area contributed by atoms with Gasteiger partial charge in [-0.1, -0.05) is 19.3 Å². The maximum absolute atomic E-state index is 13.0. The number of aliphatic imine (C=N–C) groups is 1. The Hall–Kier alpha value is -1.58. The number of nitrogens with two attached hydrogens (primary N) is 1. The Kier molecular flexibility index (Phi) is 2.73. The highest BCUT2D eigenvalue weighted by atomic mass is 19.1. The molecule has 0 radical (unpaired) electrons. The fraction of sp³-hybridized carbons (Fsp3) is 0.500. The highest BCUT2D eigenvalue weighted by Gasteiger charge is 2.43. The molecule has 0 amide bonds. The first-order chi connectivity index (χ1) is 8.71. The van der Waals surface area contributed by atoms with Gasteiger partial charge in [-0.05, 0) is 37.1 Å². The number of nitrogens with zero attached hydrogens (tertiary/aromatic N) is 2. The molecule has 1 aliphatic heterocycles. The van der Waals surface area contributed by atoms with Gasteiger partial charge < -0.3 is 10.6 Å². The van der Waals surface area contributed by atoms with Crippen LogP contribution in [0.25, 0.3) is 0 Å². The molecule has 1 aromatic carbocycles. The summed E-state index contributed by atoms with van der Waals surface area (Å²) in [5.74, 6) is 0.356. The van der Waals surface area contributed by atoms with Gasteiger partial charge in [0, 0.05) is 5.69 Å². The van der Waals surface area contributed by atoms with E-state index in [1.54, 1.807) is 12.1 Å². The van der Waals surface area contributed by atoms with Gasteiger partial charge in [-0.2, -0.15) is 0 Å². The number of rotatable bonds is 1. The first-order valence-electron chi connectivity index (χ1n) is 6.57. The second-order valence-electron chi connectivity index (χ2n) is 5.27. The van der Waals surface area contributed by atoms with Gasteiger partial charge >= 0.3 is 0 Å². The summed E-state index contributed by atoms with van der Waals surface area (Å²) in [6, 6.07) is 6.55. The number of anilines is 1. The Bertz CT molecular complexity index is 460. The Morgan fingerprint density at radius 2 is 1.78 bits per heavy atom. The van der Waals surface area contributed by atoms with Gasteiger partial charge in [0.25, 0.3) is 0 Å². The second kappa shape index (κ2) is 4.26. The van der Waals surface area contributed by atoms with Crippen LogP contribution in [0, 0.1) is 5.82 Å². The van der Waals surface area contributed by atoms with Crippen molar-refractivity contribution in [2.45, 2.75) is 37.6 Å². The SMILES string of the molecule is NC1=NCC2(CCCCC2)N1c1ccc(F)cc1. The predicted octanol–water partition coefficient (Wildman–Crippen LogP) is 2.66. The Morgan fingerprint density at radius 3 is 2.44 bits per heavy atom. The average molecular weight is 247 g/mol. The van der Waals surface area contributed by atoms with Crippen LogP contribution in [0.2, 0.25) is 0 Å². The molecule has 1 aliphatic carbocycles. The standard InChI is InChI=1S/C14H18FN3/c15-11-4-6-12(7-5-11)18-13(16)17-10-14(18)8-2-1-3-9-14/h4-7H,1-3,8-10H2,(H2,16,17). The lowest BCUT2D eigenvalue weighted by Crippen LogP contribution is -2.53. The molecule has 2 aliphatic rings. The van der Waals surface area contributed by atoms with Gasteiger partial charge in [-0.3, -0.25) is 4.99 Å². The van der Waals surface area contributed by atoms with Crippen LogP contribution >= 0.6 is 0 Å². The number of guanidine groups is 1. The van der Waals surface area contributed by atoms with Crippen molar-refractivity contribution >= 4 is 11.6 Å². The molecule has 0 unspecified atom stereocenters. The van der Waals surface area contributed by atoms with Crippen LogP contribution in [0.15, 0.2) is 29.3 Å². The van der Waals surface area contributed by atoms with E-state index in [2.05, 4.69) is 9.89 Å². The molecule has 3 nitrogen and oxygen atoms in total. The molecule has 0 saturated heterocycles. The molecular formula is C14H18FN3.